The zero-order valence-corrected chi connectivity index (χ0v) is 11.8. The van der Waals surface area contributed by atoms with Crippen molar-refractivity contribution in [2.24, 2.45) is 5.73 Å². The van der Waals surface area contributed by atoms with Crippen LogP contribution in [0.25, 0.3) is 0 Å². The van der Waals surface area contributed by atoms with Gasteiger partial charge in [0.05, 0.1) is 21.0 Å². The SMILES string of the molecule is NC1(COc2cc(Br)c(F)cc2[N+](=O)[O-])CCCC1. The Morgan fingerprint density at radius 2 is 2.11 bits per heavy atom. The molecule has 0 aromatic heterocycles. The summed E-state index contributed by atoms with van der Waals surface area (Å²) in [6.45, 7) is 0.200. The number of nitro benzene ring substituents is 1. The normalized spacial score (nSPS) is 17.4. The van der Waals surface area contributed by atoms with Gasteiger partial charge in [0, 0.05) is 6.07 Å². The van der Waals surface area contributed by atoms with Crippen molar-refractivity contribution in [2.75, 3.05) is 6.61 Å². The van der Waals surface area contributed by atoms with Gasteiger partial charge in [-0.1, -0.05) is 12.8 Å². The lowest BCUT2D eigenvalue weighted by atomic mass is 10.0. The Morgan fingerprint density at radius 1 is 1.47 bits per heavy atom. The summed E-state index contributed by atoms with van der Waals surface area (Å²) in [6, 6.07) is 2.11. The van der Waals surface area contributed by atoms with E-state index in [0.29, 0.717) is 0 Å². The van der Waals surface area contributed by atoms with Gasteiger partial charge >= 0.3 is 5.69 Å². The standard InChI is InChI=1S/C12H14BrFN2O3/c13-8-5-11(10(16(17)18)6-9(8)14)19-7-12(15)3-1-2-4-12/h5-6H,1-4,7,15H2. The number of nitrogens with two attached hydrogens (primary N) is 1. The van der Waals surface area contributed by atoms with Crippen LogP contribution in [-0.4, -0.2) is 17.1 Å². The number of ether oxygens (including phenoxy) is 1. The average Bonchev–Trinajstić information content (AvgIpc) is 2.77. The van der Waals surface area contributed by atoms with E-state index in [1.54, 1.807) is 0 Å². The van der Waals surface area contributed by atoms with E-state index in [1.807, 2.05) is 0 Å². The molecule has 5 nitrogen and oxygen atoms in total. The molecule has 1 aromatic rings. The summed E-state index contributed by atoms with van der Waals surface area (Å²) >= 11 is 2.99. The Hall–Kier alpha value is -1.21. The fraction of sp³-hybridized carbons (Fsp3) is 0.500. The molecule has 1 aliphatic carbocycles. The first-order valence-corrected chi connectivity index (χ1v) is 6.76. The Kier molecular flexibility index (Phi) is 4.05. The minimum absolute atomic E-state index is 0.0370. The third-order valence-corrected chi connectivity index (χ3v) is 3.92. The zero-order valence-electron chi connectivity index (χ0n) is 10.2. The molecule has 2 N–H and O–H groups in total. The van der Waals surface area contributed by atoms with Gasteiger partial charge in [-0.15, -0.1) is 0 Å². The minimum Gasteiger partial charge on any atom is -0.485 e. The molecule has 0 heterocycles. The molecular formula is C12H14BrFN2O3. The lowest BCUT2D eigenvalue weighted by Crippen LogP contribution is -2.42. The van der Waals surface area contributed by atoms with Crippen LogP contribution in [0.5, 0.6) is 5.75 Å². The summed E-state index contributed by atoms with van der Waals surface area (Å²) in [4.78, 5) is 10.2. The summed E-state index contributed by atoms with van der Waals surface area (Å²) < 4.78 is 18.9. The molecule has 1 aromatic carbocycles. The van der Waals surface area contributed by atoms with Crippen molar-refractivity contribution in [3.8, 4) is 5.75 Å². The first-order chi connectivity index (χ1) is 8.91. The maximum Gasteiger partial charge on any atom is 0.313 e. The van der Waals surface area contributed by atoms with Crippen LogP contribution in [0.1, 0.15) is 25.7 Å². The zero-order chi connectivity index (χ0) is 14.0. The van der Waals surface area contributed by atoms with Gasteiger partial charge in [-0.2, -0.15) is 0 Å². The highest BCUT2D eigenvalue weighted by Crippen LogP contribution is 2.34. The van der Waals surface area contributed by atoms with Crippen molar-refractivity contribution in [1.82, 2.24) is 0 Å². The second-order valence-electron chi connectivity index (χ2n) is 4.85. The van der Waals surface area contributed by atoms with Gasteiger partial charge in [0.2, 0.25) is 0 Å². The summed E-state index contributed by atoms with van der Waals surface area (Å²) in [5, 5.41) is 10.9. The molecule has 0 atom stereocenters. The van der Waals surface area contributed by atoms with Crippen LogP contribution in [0.3, 0.4) is 0 Å². The van der Waals surface area contributed by atoms with E-state index in [0.717, 1.165) is 31.7 Å². The highest BCUT2D eigenvalue weighted by Gasteiger charge is 2.31. The number of rotatable bonds is 4. The van der Waals surface area contributed by atoms with Gasteiger partial charge in [-0.05, 0) is 28.8 Å². The minimum atomic E-state index is -0.692. The second-order valence-corrected chi connectivity index (χ2v) is 5.70. The fourth-order valence-corrected chi connectivity index (χ4v) is 2.54. The molecule has 0 amide bonds. The number of benzene rings is 1. The molecule has 0 bridgehead atoms. The van der Waals surface area contributed by atoms with Crippen LogP contribution in [0.2, 0.25) is 0 Å². The molecule has 7 heteroatoms. The second kappa shape index (κ2) is 5.42. The maximum atomic E-state index is 13.3. The predicted molar refractivity (Wildman–Crippen MR) is 71.6 cm³/mol. The topological polar surface area (TPSA) is 78.4 Å². The van der Waals surface area contributed by atoms with Crippen molar-refractivity contribution in [1.29, 1.82) is 0 Å². The van der Waals surface area contributed by atoms with E-state index in [1.165, 1.54) is 6.07 Å². The van der Waals surface area contributed by atoms with Gasteiger partial charge in [0.15, 0.2) is 5.75 Å². The van der Waals surface area contributed by atoms with Crippen LogP contribution >= 0.6 is 15.9 Å². The van der Waals surface area contributed by atoms with Crippen LogP contribution in [0.4, 0.5) is 10.1 Å². The number of hydrogen-bond donors (Lipinski definition) is 1. The number of hydrogen-bond acceptors (Lipinski definition) is 4. The monoisotopic (exact) mass is 332 g/mol. The molecule has 1 aliphatic rings. The molecule has 0 spiro atoms. The predicted octanol–water partition coefficient (Wildman–Crippen LogP) is 3.15. The summed E-state index contributed by atoms with van der Waals surface area (Å²) in [7, 11) is 0. The highest BCUT2D eigenvalue weighted by atomic mass is 79.9. The quantitative estimate of drug-likeness (QED) is 0.678. The fourth-order valence-electron chi connectivity index (χ4n) is 2.22. The van der Waals surface area contributed by atoms with E-state index in [-0.39, 0.29) is 22.5 Å². The van der Waals surface area contributed by atoms with Gasteiger partial charge in [-0.3, -0.25) is 10.1 Å². The van der Waals surface area contributed by atoms with Gasteiger partial charge in [0.1, 0.15) is 12.4 Å². The molecule has 104 valence electrons. The van der Waals surface area contributed by atoms with Gasteiger partial charge in [0.25, 0.3) is 0 Å². The maximum absolute atomic E-state index is 13.3. The van der Waals surface area contributed by atoms with Crippen molar-refractivity contribution >= 4 is 21.6 Å². The smallest absolute Gasteiger partial charge is 0.313 e. The molecule has 0 unspecified atom stereocenters. The molecule has 2 rings (SSSR count). The summed E-state index contributed by atoms with van der Waals surface area (Å²) in [5.41, 5.74) is 5.30. The Labute approximate surface area is 118 Å². The lowest BCUT2D eigenvalue weighted by Gasteiger charge is -2.23. The van der Waals surface area contributed by atoms with Crippen molar-refractivity contribution < 1.29 is 14.1 Å². The summed E-state index contributed by atoms with van der Waals surface area (Å²) in [5.74, 6) is -0.655. The molecule has 0 aliphatic heterocycles. The number of halogens is 2. The Morgan fingerprint density at radius 3 is 2.68 bits per heavy atom. The van der Waals surface area contributed by atoms with E-state index in [2.05, 4.69) is 15.9 Å². The van der Waals surface area contributed by atoms with Crippen LogP contribution < -0.4 is 10.5 Å². The molecule has 19 heavy (non-hydrogen) atoms. The first-order valence-electron chi connectivity index (χ1n) is 5.96. The molecular weight excluding hydrogens is 319 g/mol. The van der Waals surface area contributed by atoms with E-state index < -0.39 is 16.3 Å². The Balaban J connectivity index is 2.19. The lowest BCUT2D eigenvalue weighted by molar-refractivity contribution is -0.386. The molecule has 0 saturated heterocycles. The molecule has 0 radical (unpaired) electrons. The van der Waals surface area contributed by atoms with Crippen LogP contribution in [-0.2, 0) is 0 Å². The van der Waals surface area contributed by atoms with Gasteiger partial charge in [-0.25, -0.2) is 4.39 Å². The van der Waals surface area contributed by atoms with Crippen molar-refractivity contribution in [2.45, 2.75) is 31.2 Å². The van der Waals surface area contributed by atoms with Crippen LogP contribution in [0.15, 0.2) is 16.6 Å². The largest absolute Gasteiger partial charge is 0.485 e. The molecule has 1 fully saturated rings. The number of nitrogens with zero attached hydrogens (tertiary/aromatic N) is 1. The van der Waals surface area contributed by atoms with Gasteiger partial charge < -0.3 is 10.5 Å². The Bertz CT molecular complexity index is 504. The average molecular weight is 333 g/mol. The summed E-state index contributed by atoms with van der Waals surface area (Å²) in [6.07, 6.45) is 3.75. The van der Waals surface area contributed by atoms with Crippen molar-refractivity contribution in [3.05, 3.63) is 32.5 Å². The van der Waals surface area contributed by atoms with Crippen molar-refractivity contribution in [3.63, 3.8) is 0 Å². The third-order valence-electron chi connectivity index (χ3n) is 3.31. The third kappa shape index (κ3) is 3.22. The van der Waals surface area contributed by atoms with E-state index in [9.17, 15) is 14.5 Å². The number of nitro groups is 1. The molecule has 1 saturated carbocycles. The van der Waals surface area contributed by atoms with E-state index >= 15 is 0 Å². The first kappa shape index (κ1) is 14.2. The highest BCUT2D eigenvalue weighted by molar-refractivity contribution is 9.10. The van der Waals surface area contributed by atoms with E-state index in [4.69, 9.17) is 10.5 Å². The van der Waals surface area contributed by atoms with Crippen LogP contribution in [0, 0.1) is 15.9 Å².